The number of H-pyrrole nitrogens is 1. The maximum absolute atomic E-state index is 10.2. The molecular weight excluding hydrogens is 212 g/mol. The Morgan fingerprint density at radius 3 is 2.76 bits per heavy atom. The molecule has 0 spiro atoms. The number of aliphatic hydroxyl groups excluding tert-OH is 1. The molecular formula is C14H20N2O. The number of fused-ring (bicyclic) bond motifs is 1. The van der Waals surface area contributed by atoms with Crippen molar-refractivity contribution >= 4 is 10.9 Å². The number of nitrogens with one attached hydrogen (secondary N) is 2. The van der Waals surface area contributed by atoms with Gasteiger partial charge in [0.25, 0.3) is 0 Å². The third-order valence-electron chi connectivity index (χ3n) is 2.81. The smallest absolute Gasteiger partial charge is 0.0921 e. The fourth-order valence-electron chi connectivity index (χ4n) is 1.91. The summed E-state index contributed by atoms with van der Waals surface area (Å²) >= 11 is 0. The highest BCUT2D eigenvalue weighted by atomic mass is 16.3. The van der Waals surface area contributed by atoms with Gasteiger partial charge in [-0.1, -0.05) is 12.1 Å². The molecule has 2 rings (SSSR count). The summed E-state index contributed by atoms with van der Waals surface area (Å²) < 4.78 is 0. The van der Waals surface area contributed by atoms with Gasteiger partial charge in [0, 0.05) is 29.2 Å². The second-order valence-electron chi connectivity index (χ2n) is 5.43. The molecule has 0 saturated carbocycles. The minimum absolute atomic E-state index is 0.0209. The summed E-state index contributed by atoms with van der Waals surface area (Å²) in [6, 6.07) is 7.97. The maximum Gasteiger partial charge on any atom is 0.0921 e. The van der Waals surface area contributed by atoms with E-state index in [1.54, 1.807) is 0 Å². The van der Waals surface area contributed by atoms with Gasteiger partial charge in [0.2, 0.25) is 0 Å². The molecule has 2 aromatic rings. The molecule has 3 heteroatoms. The van der Waals surface area contributed by atoms with Crippen LogP contribution in [0.1, 0.15) is 32.4 Å². The zero-order valence-electron chi connectivity index (χ0n) is 10.6. The fourth-order valence-corrected chi connectivity index (χ4v) is 1.91. The molecule has 3 N–H and O–H groups in total. The van der Waals surface area contributed by atoms with Gasteiger partial charge in [0.05, 0.1) is 6.10 Å². The zero-order valence-corrected chi connectivity index (χ0v) is 10.6. The van der Waals surface area contributed by atoms with Crippen LogP contribution in [0.2, 0.25) is 0 Å². The van der Waals surface area contributed by atoms with Crippen molar-refractivity contribution in [1.29, 1.82) is 0 Å². The summed E-state index contributed by atoms with van der Waals surface area (Å²) in [5, 5.41) is 14.6. The first kappa shape index (κ1) is 12.1. The van der Waals surface area contributed by atoms with Gasteiger partial charge in [0.15, 0.2) is 0 Å². The third-order valence-corrected chi connectivity index (χ3v) is 2.81. The highest BCUT2D eigenvalue weighted by Crippen LogP contribution is 2.23. The van der Waals surface area contributed by atoms with Crippen LogP contribution < -0.4 is 5.32 Å². The average molecular weight is 232 g/mol. The number of aliphatic hydroxyl groups is 1. The van der Waals surface area contributed by atoms with E-state index in [2.05, 4.69) is 31.1 Å². The minimum Gasteiger partial charge on any atom is -0.387 e. The van der Waals surface area contributed by atoms with Crippen molar-refractivity contribution in [3.63, 3.8) is 0 Å². The van der Waals surface area contributed by atoms with Crippen molar-refractivity contribution in [2.75, 3.05) is 6.54 Å². The summed E-state index contributed by atoms with van der Waals surface area (Å²) in [5.74, 6) is 0. The molecule has 1 atom stereocenters. The van der Waals surface area contributed by atoms with Crippen LogP contribution in [0.3, 0.4) is 0 Å². The van der Waals surface area contributed by atoms with Gasteiger partial charge >= 0.3 is 0 Å². The van der Waals surface area contributed by atoms with E-state index >= 15 is 0 Å². The molecule has 92 valence electrons. The molecule has 0 saturated heterocycles. The van der Waals surface area contributed by atoms with Gasteiger partial charge < -0.3 is 15.4 Å². The van der Waals surface area contributed by atoms with Gasteiger partial charge in [-0.15, -0.1) is 0 Å². The molecule has 0 radical (unpaired) electrons. The Morgan fingerprint density at radius 1 is 1.29 bits per heavy atom. The number of benzene rings is 1. The van der Waals surface area contributed by atoms with Crippen molar-refractivity contribution < 1.29 is 5.11 Å². The number of aromatic amines is 1. The van der Waals surface area contributed by atoms with Crippen LogP contribution in [0, 0.1) is 0 Å². The molecule has 3 nitrogen and oxygen atoms in total. The molecule has 0 aliphatic carbocycles. The Labute approximate surface area is 102 Å². The zero-order chi connectivity index (χ0) is 12.5. The van der Waals surface area contributed by atoms with Crippen LogP contribution in [0.5, 0.6) is 0 Å². The molecule has 1 aromatic carbocycles. The van der Waals surface area contributed by atoms with Crippen LogP contribution in [0.4, 0.5) is 0 Å². The first-order chi connectivity index (χ1) is 7.97. The summed E-state index contributed by atoms with van der Waals surface area (Å²) in [6.45, 7) is 6.84. The molecule has 0 bridgehead atoms. The highest BCUT2D eigenvalue weighted by molar-refractivity contribution is 5.83. The lowest BCUT2D eigenvalue weighted by Crippen LogP contribution is -2.38. The Hall–Kier alpha value is -1.32. The van der Waals surface area contributed by atoms with Crippen molar-refractivity contribution in [2.24, 2.45) is 0 Å². The Morgan fingerprint density at radius 2 is 2.06 bits per heavy atom. The third kappa shape index (κ3) is 2.87. The van der Waals surface area contributed by atoms with Gasteiger partial charge in [-0.2, -0.15) is 0 Å². The lowest BCUT2D eigenvalue weighted by Gasteiger charge is -2.23. The van der Waals surface area contributed by atoms with Crippen LogP contribution in [-0.4, -0.2) is 22.2 Å². The molecule has 1 heterocycles. The first-order valence-corrected chi connectivity index (χ1v) is 5.96. The molecule has 1 unspecified atom stereocenters. The van der Waals surface area contributed by atoms with Crippen molar-refractivity contribution in [3.05, 3.63) is 36.0 Å². The van der Waals surface area contributed by atoms with Gasteiger partial charge in [0.1, 0.15) is 0 Å². The number of aromatic nitrogens is 1. The maximum atomic E-state index is 10.2. The van der Waals surface area contributed by atoms with Crippen molar-refractivity contribution in [2.45, 2.75) is 32.4 Å². The lowest BCUT2D eigenvalue weighted by atomic mass is 10.0. The molecule has 0 fully saturated rings. The monoisotopic (exact) mass is 232 g/mol. The number of β-amino-alcohol motifs (C(OH)–C–C–N with tert-alkyl or cyclic N) is 1. The number of hydrogen-bond acceptors (Lipinski definition) is 2. The van der Waals surface area contributed by atoms with Crippen LogP contribution in [0.15, 0.2) is 30.5 Å². The van der Waals surface area contributed by atoms with Gasteiger partial charge in [-0.3, -0.25) is 0 Å². The SMILES string of the molecule is CC(C)(C)NCC(O)c1cccc2[nH]ccc12. The van der Waals surface area contributed by atoms with E-state index in [1.807, 2.05) is 30.5 Å². The molecule has 17 heavy (non-hydrogen) atoms. The van der Waals surface area contributed by atoms with Crippen LogP contribution in [-0.2, 0) is 0 Å². The molecule has 0 amide bonds. The highest BCUT2D eigenvalue weighted by Gasteiger charge is 2.15. The summed E-state index contributed by atoms with van der Waals surface area (Å²) in [6.07, 6.45) is 1.42. The van der Waals surface area contributed by atoms with E-state index in [1.165, 1.54) is 0 Å². The second-order valence-corrected chi connectivity index (χ2v) is 5.43. The summed E-state index contributed by atoms with van der Waals surface area (Å²) in [7, 11) is 0. The molecule has 0 aliphatic rings. The predicted molar refractivity (Wildman–Crippen MR) is 71.0 cm³/mol. The Kier molecular flexibility index (Phi) is 3.22. The van der Waals surface area contributed by atoms with E-state index < -0.39 is 6.10 Å². The van der Waals surface area contributed by atoms with Crippen LogP contribution in [0.25, 0.3) is 10.9 Å². The standard InChI is InChI=1S/C14H20N2O/c1-14(2,3)16-9-13(17)11-5-4-6-12-10(11)7-8-15-12/h4-8,13,15-17H,9H2,1-3H3. The van der Waals surface area contributed by atoms with E-state index in [9.17, 15) is 5.11 Å². The van der Waals surface area contributed by atoms with Crippen molar-refractivity contribution in [3.8, 4) is 0 Å². The summed E-state index contributed by atoms with van der Waals surface area (Å²) in [4.78, 5) is 3.16. The fraction of sp³-hybridized carbons (Fsp3) is 0.429. The van der Waals surface area contributed by atoms with Gasteiger partial charge in [-0.05, 0) is 38.5 Å². The largest absolute Gasteiger partial charge is 0.387 e. The van der Waals surface area contributed by atoms with Crippen molar-refractivity contribution in [1.82, 2.24) is 10.3 Å². The Bertz CT molecular complexity index is 496. The minimum atomic E-state index is -0.478. The molecule has 1 aromatic heterocycles. The lowest BCUT2D eigenvalue weighted by molar-refractivity contribution is 0.164. The van der Waals surface area contributed by atoms with E-state index in [0.717, 1.165) is 16.5 Å². The number of hydrogen-bond donors (Lipinski definition) is 3. The Balaban J connectivity index is 2.19. The first-order valence-electron chi connectivity index (χ1n) is 5.96. The van der Waals surface area contributed by atoms with E-state index in [-0.39, 0.29) is 5.54 Å². The normalized spacial score (nSPS) is 14.1. The van der Waals surface area contributed by atoms with Gasteiger partial charge in [-0.25, -0.2) is 0 Å². The predicted octanol–water partition coefficient (Wildman–Crippen LogP) is 2.59. The second kappa shape index (κ2) is 4.51. The molecule has 0 aliphatic heterocycles. The van der Waals surface area contributed by atoms with E-state index in [0.29, 0.717) is 6.54 Å². The van der Waals surface area contributed by atoms with E-state index in [4.69, 9.17) is 0 Å². The average Bonchev–Trinajstić information content (AvgIpc) is 2.72. The van der Waals surface area contributed by atoms with Crippen LogP contribution >= 0.6 is 0 Å². The summed E-state index contributed by atoms with van der Waals surface area (Å²) in [5.41, 5.74) is 2.06. The number of rotatable bonds is 3. The quantitative estimate of drug-likeness (QED) is 0.761. The topological polar surface area (TPSA) is 48.0 Å².